The number of Topliss-reactive ketones (excluding diaryl/α,β-unsaturated/α-hetero) is 1. The fourth-order valence-corrected chi connectivity index (χ4v) is 3.36. The highest BCUT2D eigenvalue weighted by Gasteiger charge is 2.41. The van der Waals surface area contributed by atoms with Crippen LogP contribution in [0.1, 0.15) is 30.4 Å². The minimum atomic E-state index is -0.519. The van der Waals surface area contributed by atoms with Crippen LogP contribution < -0.4 is 4.74 Å². The highest BCUT2D eigenvalue weighted by Crippen LogP contribution is 2.42. The van der Waals surface area contributed by atoms with Crippen molar-refractivity contribution in [3.8, 4) is 5.75 Å². The van der Waals surface area contributed by atoms with E-state index in [2.05, 4.69) is 0 Å². The van der Waals surface area contributed by atoms with Crippen LogP contribution in [0.2, 0.25) is 0 Å². The number of benzene rings is 1. The quantitative estimate of drug-likeness (QED) is 0.776. The van der Waals surface area contributed by atoms with Crippen molar-refractivity contribution in [2.45, 2.75) is 31.7 Å². The Morgan fingerprint density at radius 3 is 2.95 bits per heavy atom. The Hall–Kier alpha value is -1.39. The van der Waals surface area contributed by atoms with E-state index in [0.717, 1.165) is 29.2 Å². The molecule has 0 aromatic heterocycles. The molecule has 4 nitrogen and oxygen atoms in total. The first-order chi connectivity index (χ1) is 9.11. The molecule has 3 rings (SSSR count). The maximum absolute atomic E-state index is 12.4. The lowest BCUT2D eigenvalue weighted by molar-refractivity contribution is -0.129. The number of aryl methyl sites for hydroxylation is 1. The number of methoxy groups -OCH3 is 1. The summed E-state index contributed by atoms with van der Waals surface area (Å²) in [7, 11) is 1.65. The number of piperidine rings is 1. The first-order valence-corrected chi connectivity index (χ1v) is 6.76. The zero-order valence-corrected chi connectivity index (χ0v) is 11.3. The molecule has 0 spiro atoms. The minimum Gasteiger partial charge on any atom is -0.785 e. The zero-order chi connectivity index (χ0) is 13.6. The van der Waals surface area contributed by atoms with Gasteiger partial charge in [0.05, 0.1) is 13.2 Å². The molecule has 1 aromatic carbocycles. The van der Waals surface area contributed by atoms with Crippen LogP contribution in [0.3, 0.4) is 0 Å². The molecule has 0 bridgehead atoms. The van der Waals surface area contributed by atoms with Crippen LogP contribution in [0.15, 0.2) is 18.2 Å². The third-order valence-electron chi connectivity index (χ3n) is 4.51. The summed E-state index contributed by atoms with van der Waals surface area (Å²) in [6.45, 7) is 2.19. The number of hydrogen-bond acceptors (Lipinski definition) is 4. The van der Waals surface area contributed by atoms with Crippen molar-refractivity contribution < 1.29 is 9.53 Å². The summed E-state index contributed by atoms with van der Waals surface area (Å²) in [5.41, 5.74) is 2.29. The number of rotatable bonds is 1. The third-order valence-corrected chi connectivity index (χ3v) is 4.51. The number of carbonyl (C=O) groups excluding carboxylic acids is 1. The molecule has 0 radical (unpaired) electrons. The van der Waals surface area contributed by atoms with E-state index in [-0.39, 0.29) is 17.6 Å². The van der Waals surface area contributed by atoms with Crippen LogP contribution in [-0.2, 0) is 11.2 Å². The minimum absolute atomic E-state index is 0.0670. The van der Waals surface area contributed by atoms with Gasteiger partial charge in [0, 0.05) is 5.92 Å². The maximum Gasteiger partial charge on any atom is 0.156 e. The summed E-state index contributed by atoms with van der Waals surface area (Å²) in [5, 5.41) is 12.7. The first-order valence-electron chi connectivity index (χ1n) is 6.76. The molecule has 1 fully saturated rings. The number of ether oxygens (including phenoxy) is 1. The Bertz CT molecular complexity index is 514. The molecule has 19 heavy (non-hydrogen) atoms. The molecule has 1 aliphatic heterocycles. The molecule has 102 valence electrons. The highest BCUT2D eigenvalue weighted by atomic mass is 16.5. The molecular weight excluding hydrogens is 242 g/mol. The van der Waals surface area contributed by atoms with E-state index in [1.165, 1.54) is 5.56 Å². The number of ketones is 1. The van der Waals surface area contributed by atoms with E-state index in [1.807, 2.05) is 18.2 Å². The summed E-state index contributed by atoms with van der Waals surface area (Å²) in [6.07, 6.45) is 1.82. The summed E-state index contributed by atoms with van der Waals surface area (Å²) >= 11 is 0. The molecular formula is C15H18NO3-. The third kappa shape index (κ3) is 1.95. The monoisotopic (exact) mass is 260 g/mol. The molecule has 0 amide bonds. The van der Waals surface area contributed by atoms with Crippen LogP contribution in [-0.4, -0.2) is 30.5 Å². The second-order valence-electron chi connectivity index (χ2n) is 5.52. The molecule has 3 atom stereocenters. The number of nitrogens with zero attached hydrogens (tertiary/aromatic N) is 1. The number of hydroxylamine groups is 2. The van der Waals surface area contributed by atoms with E-state index >= 15 is 0 Å². The van der Waals surface area contributed by atoms with E-state index in [4.69, 9.17) is 4.74 Å². The van der Waals surface area contributed by atoms with Gasteiger partial charge in [-0.3, -0.25) is 4.79 Å². The fourth-order valence-electron chi connectivity index (χ4n) is 3.36. The lowest BCUT2D eigenvalue weighted by Crippen LogP contribution is -2.50. The van der Waals surface area contributed by atoms with Crippen molar-refractivity contribution >= 4 is 5.78 Å². The normalized spacial score (nSPS) is 30.7. The van der Waals surface area contributed by atoms with Gasteiger partial charge in [-0.05, 0) is 55.5 Å². The summed E-state index contributed by atoms with van der Waals surface area (Å²) in [4.78, 5) is 12.4. The summed E-state index contributed by atoms with van der Waals surface area (Å²) in [6, 6.07) is 5.40. The molecule has 2 aliphatic rings. The smallest absolute Gasteiger partial charge is 0.156 e. The van der Waals surface area contributed by atoms with Crippen molar-refractivity contribution in [1.82, 2.24) is 5.06 Å². The molecule has 1 aromatic rings. The van der Waals surface area contributed by atoms with Gasteiger partial charge in [-0.1, -0.05) is 6.07 Å². The predicted molar refractivity (Wildman–Crippen MR) is 72.1 cm³/mol. The number of hydrogen-bond donors (Lipinski definition) is 0. The molecule has 4 heteroatoms. The number of fused-ring (bicyclic) bond motifs is 3. The summed E-state index contributed by atoms with van der Waals surface area (Å²) < 4.78 is 5.24. The molecule has 3 unspecified atom stereocenters. The molecule has 1 saturated heterocycles. The lowest BCUT2D eigenvalue weighted by atomic mass is 9.70. The lowest BCUT2D eigenvalue weighted by Gasteiger charge is -2.47. The predicted octanol–water partition coefficient (Wildman–Crippen LogP) is 2.11. The molecule has 0 saturated carbocycles. The standard InChI is InChI=1S/C15H18NO3/c1-9-15(17)14-11(8-16(9)18)4-3-10-7-12(19-2)5-6-13(10)14/h5-7,9,11,14H,3-4,8H2,1-2H3/q-1. The van der Waals surface area contributed by atoms with Crippen LogP contribution >= 0.6 is 0 Å². The van der Waals surface area contributed by atoms with Crippen molar-refractivity contribution in [1.29, 1.82) is 0 Å². The zero-order valence-electron chi connectivity index (χ0n) is 11.3. The van der Waals surface area contributed by atoms with Crippen LogP contribution in [0.5, 0.6) is 5.75 Å². The van der Waals surface area contributed by atoms with Crippen molar-refractivity contribution in [3.63, 3.8) is 0 Å². The van der Waals surface area contributed by atoms with E-state index in [0.29, 0.717) is 6.54 Å². The Morgan fingerprint density at radius 2 is 2.21 bits per heavy atom. The van der Waals surface area contributed by atoms with Crippen molar-refractivity contribution in [2.75, 3.05) is 13.7 Å². The Morgan fingerprint density at radius 1 is 1.42 bits per heavy atom. The largest absolute Gasteiger partial charge is 0.785 e. The van der Waals surface area contributed by atoms with Gasteiger partial charge in [0.1, 0.15) is 5.75 Å². The SMILES string of the molecule is COc1ccc2c(c1)CCC1CN([O-])C(C)C(=O)C21. The van der Waals surface area contributed by atoms with E-state index in [1.54, 1.807) is 14.0 Å². The Labute approximate surface area is 112 Å². The van der Waals surface area contributed by atoms with Gasteiger partial charge in [-0.15, -0.1) is 0 Å². The van der Waals surface area contributed by atoms with Gasteiger partial charge in [0.2, 0.25) is 0 Å². The van der Waals surface area contributed by atoms with Gasteiger partial charge >= 0.3 is 0 Å². The van der Waals surface area contributed by atoms with Gasteiger partial charge in [0.15, 0.2) is 5.78 Å². The topological polar surface area (TPSA) is 52.6 Å². The second-order valence-corrected chi connectivity index (χ2v) is 5.52. The molecule has 1 heterocycles. The van der Waals surface area contributed by atoms with Gasteiger partial charge in [-0.25, -0.2) is 0 Å². The Balaban J connectivity index is 2.01. The van der Waals surface area contributed by atoms with Crippen LogP contribution in [0.25, 0.3) is 0 Å². The van der Waals surface area contributed by atoms with Gasteiger partial charge in [0.25, 0.3) is 0 Å². The van der Waals surface area contributed by atoms with Crippen molar-refractivity contribution in [3.05, 3.63) is 34.5 Å². The fraction of sp³-hybridized carbons (Fsp3) is 0.533. The first kappa shape index (κ1) is 12.6. The van der Waals surface area contributed by atoms with Gasteiger partial charge < -0.3 is 15.0 Å². The molecule has 1 aliphatic carbocycles. The van der Waals surface area contributed by atoms with Gasteiger partial charge in [-0.2, -0.15) is 0 Å². The van der Waals surface area contributed by atoms with Crippen molar-refractivity contribution in [2.24, 2.45) is 5.92 Å². The Kier molecular flexibility index (Phi) is 3.07. The second kappa shape index (κ2) is 4.62. The average Bonchev–Trinajstić information content (AvgIpc) is 2.43. The maximum atomic E-state index is 12.4. The summed E-state index contributed by atoms with van der Waals surface area (Å²) in [5.74, 6) is 0.966. The number of carbonyl (C=O) groups is 1. The van der Waals surface area contributed by atoms with E-state index in [9.17, 15) is 10.0 Å². The highest BCUT2D eigenvalue weighted by molar-refractivity contribution is 5.92. The molecule has 0 N–H and O–H groups in total. The van der Waals surface area contributed by atoms with Crippen LogP contribution in [0.4, 0.5) is 0 Å². The van der Waals surface area contributed by atoms with Crippen LogP contribution in [0, 0.1) is 11.1 Å². The average molecular weight is 260 g/mol. The van der Waals surface area contributed by atoms with E-state index < -0.39 is 6.04 Å².